The number of hydrogen-bond donors (Lipinski definition) is 1. The highest BCUT2D eigenvalue weighted by molar-refractivity contribution is 5.97. The van der Waals surface area contributed by atoms with Crippen molar-refractivity contribution in [2.45, 2.75) is 18.9 Å². The topological polar surface area (TPSA) is 57.6 Å². The lowest BCUT2D eigenvalue weighted by atomic mass is 10.1. The maximum absolute atomic E-state index is 12.2. The molecule has 1 aliphatic heterocycles. The molecule has 1 fully saturated rings. The largest absolute Gasteiger partial charge is 0.480 e. The number of carbonyl (C=O) groups excluding carboxylic acids is 1. The minimum Gasteiger partial charge on any atom is -0.480 e. The fraction of sp³-hybridized carbons (Fsp3) is 0.286. The molecule has 1 aromatic carbocycles. The third-order valence-electron chi connectivity index (χ3n) is 3.07. The zero-order valence-electron chi connectivity index (χ0n) is 9.72. The molecule has 4 heteroatoms. The van der Waals surface area contributed by atoms with Gasteiger partial charge in [-0.25, -0.2) is 4.79 Å². The second-order valence-corrected chi connectivity index (χ2v) is 4.20. The predicted octanol–water partition coefficient (Wildman–Crippen LogP) is 1.31. The van der Waals surface area contributed by atoms with E-state index < -0.39 is 12.0 Å². The Morgan fingerprint density at radius 3 is 2.56 bits per heavy atom. The summed E-state index contributed by atoms with van der Waals surface area (Å²) in [4.78, 5) is 24.6. The Kier molecular flexibility index (Phi) is 3.33. The van der Waals surface area contributed by atoms with Crippen LogP contribution < -0.4 is 0 Å². The SMILES string of the molecule is [C]#Cc1ccc(C(=O)N2CCCC2C(=O)O)cc1. The van der Waals surface area contributed by atoms with E-state index in [2.05, 4.69) is 5.92 Å². The predicted molar refractivity (Wildman–Crippen MR) is 64.4 cm³/mol. The molecule has 91 valence electrons. The first-order valence-corrected chi connectivity index (χ1v) is 5.70. The van der Waals surface area contributed by atoms with Crippen LogP contribution in [0.5, 0.6) is 0 Å². The van der Waals surface area contributed by atoms with Crippen LogP contribution in [0.15, 0.2) is 24.3 Å². The molecule has 2 rings (SSSR count). The van der Waals surface area contributed by atoms with Gasteiger partial charge in [-0.05, 0) is 43.5 Å². The van der Waals surface area contributed by atoms with Crippen LogP contribution in [0.1, 0.15) is 28.8 Å². The summed E-state index contributed by atoms with van der Waals surface area (Å²) in [6, 6.07) is 5.71. The van der Waals surface area contributed by atoms with Gasteiger partial charge in [0.25, 0.3) is 5.91 Å². The number of benzene rings is 1. The van der Waals surface area contributed by atoms with Crippen LogP contribution in [0.4, 0.5) is 0 Å². The van der Waals surface area contributed by atoms with Crippen molar-refractivity contribution in [2.24, 2.45) is 0 Å². The Balaban J connectivity index is 2.20. The van der Waals surface area contributed by atoms with E-state index in [4.69, 9.17) is 11.5 Å². The van der Waals surface area contributed by atoms with Gasteiger partial charge in [0, 0.05) is 17.7 Å². The molecule has 1 amide bonds. The molecular weight excluding hydrogens is 230 g/mol. The first kappa shape index (κ1) is 12.2. The van der Waals surface area contributed by atoms with Crippen molar-refractivity contribution in [1.82, 2.24) is 4.90 Å². The van der Waals surface area contributed by atoms with Crippen LogP contribution in [0.2, 0.25) is 0 Å². The summed E-state index contributed by atoms with van der Waals surface area (Å²) in [5.74, 6) is 1.00. The third-order valence-corrected chi connectivity index (χ3v) is 3.07. The van der Waals surface area contributed by atoms with Crippen LogP contribution >= 0.6 is 0 Å². The number of aliphatic carboxylic acids is 1. The second kappa shape index (κ2) is 4.92. The van der Waals surface area contributed by atoms with E-state index in [0.717, 1.165) is 6.42 Å². The normalized spacial score (nSPS) is 18.4. The van der Waals surface area contributed by atoms with Crippen molar-refractivity contribution in [1.29, 1.82) is 0 Å². The van der Waals surface area contributed by atoms with Gasteiger partial charge in [-0.15, -0.1) is 0 Å². The average molecular weight is 242 g/mol. The molecule has 1 unspecified atom stereocenters. The molecule has 18 heavy (non-hydrogen) atoms. The molecule has 1 heterocycles. The van der Waals surface area contributed by atoms with E-state index in [0.29, 0.717) is 24.1 Å². The van der Waals surface area contributed by atoms with E-state index in [1.54, 1.807) is 24.3 Å². The number of amides is 1. The van der Waals surface area contributed by atoms with Crippen molar-refractivity contribution in [2.75, 3.05) is 6.54 Å². The maximum Gasteiger partial charge on any atom is 0.326 e. The molecule has 1 aromatic rings. The van der Waals surface area contributed by atoms with Gasteiger partial charge in [-0.2, -0.15) is 0 Å². The van der Waals surface area contributed by atoms with Crippen molar-refractivity contribution < 1.29 is 14.7 Å². The summed E-state index contributed by atoms with van der Waals surface area (Å²) >= 11 is 0. The van der Waals surface area contributed by atoms with Gasteiger partial charge in [0.1, 0.15) is 6.04 Å². The van der Waals surface area contributed by atoms with Gasteiger partial charge < -0.3 is 10.0 Å². The Morgan fingerprint density at radius 2 is 2.00 bits per heavy atom. The Morgan fingerprint density at radius 1 is 1.33 bits per heavy atom. The zero-order valence-corrected chi connectivity index (χ0v) is 9.72. The molecule has 1 atom stereocenters. The maximum atomic E-state index is 12.2. The standard InChI is InChI=1S/C14H12NO3/c1-2-10-5-7-11(8-6-10)13(16)15-9-3-4-12(15)14(17)18/h5-8,12H,3-4,9H2,(H,17,18). The summed E-state index contributed by atoms with van der Waals surface area (Å²) in [6.45, 7) is 0.480. The summed E-state index contributed by atoms with van der Waals surface area (Å²) in [5, 5.41) is 9.03. The fourth-order valence-electron chi connectivity index (χ4n) is 2.13. The molecule has 0 bridgehead atoms. The van der Waals surface area contributed by atoms with Crippen molar-refractivity contribution in [3.05, 3.63) is 41.8 Å². The van der Waals surface area contributed by atoms with E-state index in [1.807, 2.05) is 0 Å². The Bertz CT molecular complexity index is 513. The fourth-order valence-corrected chi connectivity index (χ4v) is 2.13. The molecule has 0 spiro atoms. The van der Waals surface area contributed by atoms with Gasteiger partial charge in [-0.3, -0.25) is 4.79 Å². The molecule has 1 N–H and O–H groups in total. The summed E-state index contributed by atoms with van der Waals surface area (Å²) < 4.78 is 0. The minimum absolute atomic E-state index is 0.267. The number of rotatable bonds is 2. The first-order valence-electron chi connectivity index (χ1n) is 5.70. The number of likely N-dealkylation sites (tertiary alicyclic amines) is 1. The summed E-state index contributed by atoms with van der Waals surface area (Å²) in [7, 11) is 0. The molecule has 0 aromatic heterocycles. The third kappa shape index (κ3) is 2.21. The van der Waals surface area contributed by atoms with Gasteiger partial charge in [0.05, 0.1) is 0 Å². The summed E-state index contributed by atoms with van der Waals surface area (Å²) in [5.41, 5.74) is 1.03. The summed E-state index contributed by atoms with van der Waals surface area (Å²) in [6.07, 6.45) is 8.18. The molecule has 1 radical (unpaired) electrons. The number of carboxylic acids is 1. The van der Waals surface area contributed by atoms with Crippen LogP contribution in [0, 0.1) is 12.3 Å². The highest BCUT2D eigenvalue weighted by Gasteiger charge is 2.34. The number of hydrogen-bond acceptors (Lipinski definition) is 2. The molecule has 0 aliphatic carbocycles. The number of carboxylic acid groups (broad SMARTS) is 1. The second-order valence-electron chi connectivity index (χ2n) is 4.20. The lowest BCUT2D eigenvalue weighted by Gasteiger charge is -2.21. The monoisotopic (exact) mass is 242 g/mol. The van der Waals surface area contributed by atoms with Crippen molar-refractivity contribution >= 4 is 11.9 Å². The van der Waals surface area contributed by atoms with Gasteiger partial charge in [0.15, 0.2) is 0 Å². The van der Waals surface area contributed by atoms with Crippen LogP contribution in [-0.4, -0.2) is 34.5 Å². The molecule has 4 nitrogen and oxygen atoms in total. The molecular formula is C14H12NO3. The van der Waals surface area contributed by atoms with Crippen molar-refractivity contribution in [3.63, 3.8) is 0 Å². The van der Waals surface area contributed by atoms with E-state index in [1.165, 1.54) is 4.90 Å². The van der Waals surface area contributed by atoms with Crippen LogP contribution in [0.3, 0.4) is 0 Å². The number of carbonyl (C=O) groups is 2. The van der Waals surface area contributed by atoms with Crippen LogP contribution in [0.25, 0.3) is 0 Å². The zero-order chi connectivity index (χ0) is 13.1. The molecule has 1 saturated heterocycles. The first-order chi connectivity index (χ1) is 8.63. The van der Waals surface area contributed by atoms with E-state index in [9.17, 15) is 9.59 Å². The highest BCUT2D eigenvalue weighted by Crippen LogP contribution is 2.20. The molecule has 1 aliphatic rings. The lowest BCUT2D eigenvalue weighted by Crippen LogP contribution is -2.40. The van der Waals surface area contributed by atoms with Gasteiger partial charge >= 0.3 is 5.97 Å². The smallest absolute Gasteiger partial charge is 0.326 e. The van der Waals surface area contributed by atoms with Crippen LogP contribution in [-0.2, 0) is 4.79 Å². The van der Waals surface area contributed by atoms with Gasteiger partial charge in [0.2, 0.25) is 0 Å². The Hall–Kier alpha value is -2.28. The van der Waals surface area contributed by atoms with E-state index in [-0.39, 0.29) is 5.91 Å². The highest BCUT2D eigenvalue weighted by atomic mass is 16.4. The minimum atomic E-state index is -0.953. The Labute approximate surface area is 105 Å². The molecule has 0 saturated carbocycles. The van der Waals surface area contributed by atoms with E-state index >= 15 is 0 Å². The average Bonchev–Trinajstić information content (AvgIpc) is 2.87. The van der Waals surface area contributed by atoms with Gasteiger partial charge in [-0.1, -0.05) is 5.92 Å². The lowest BCUT2D eigenvalue weighted by molar-refractivity contribution is -0.141. The van der Waals surface area contributed by atoms with Crippen molar-refractivity contribution in [3.8, 4) is 5.92 Å². The number of nitrogens with zero attached hydrogens (tertiary/aromatic N) is 1. The quantitative estimate of drug-likeness (QED) is 0.795.